The highest BCUT2D eigenvalue weighted by Crippen LogP contribution is 2.26. The molecule has 2 aromatic carbocycles. The number of aryl methyl sites for hydroxylation is 1. The Morgan fingerprint density at radius 1 is 1.00 bits per heavy atom. The van der Waals surface area contributed by atoms with Crippen molar-refractivity contribution in [3.8, 4) is 17.1 Å². The second-order valence-corrected chi connectivity index (χ2v) is 8.57. The summed E-state index contributed by atoms with van der Waals surface area (Å²) in [5.74, 6) is 1.30. The van der Waals surface area contributed by atoms with E-state index >= 15 is 0 Å². The summed E-state index contributed by atoms with van der Waals surface area (Å²) in [7, 11) is 0. The summed E-state index contributed by atoms with van der Waals surface area (Å²) >= 11 is 0. The van der Waals surface area contributed by atoms with Crippen LogP contribution in [0.3, 0.4) is 0 Å². The van der Waals surface area contributed by atoms with Crippen LogP contribution in [-0.4, -0.2) is 33.7 Å². The van der Waals surface area contributed by atoms with Gasteiger partial charge < -0.3 is 9.32 Å². The van der Waals surface area contributed by atoms with Gasteiger partial charge in [0, 0.05) is 19.2 Å². The Bertz CT molecular complexity index is 1190. The molecule has 3 heterocycles. The molecule has 0 saturated carbocycles. The van der Waals surface area contributed by atoms with Crippen LogP contribution in [0.15, 0.2) is 83.5 Å². The highest BCUT2D eigenvalue weighted by atomic mass is 16.3. The number of amides is 1. The first-order valence-electron chi connectivity index (χ1n) is 11.2. The van der Waals surface area contributed by atoms with Gasteiger partial charge in [-0.05, 0) is 67.5 Å². The van der Waals surface area contributed by atoms with Gasteiger partial charge in [-0.3, -0.25) is 4.79 Å². The van der Waals surface area contributed by atoms with E-state index in [2.05, 4.69) is 30.3 Å². The van der Waals surface area contributed by atoms with E-state index in [0.29, 0.717) is 23.1 Å². The van der Waals surface area contributed by atoms with E-state index in [1.807, 2.05) is 54.3 Å². The lowest BCUT2D eigenvalue weighted by molar-refractivity contribution is 0.0681. The Labute approximate surface area is 188 Å². The molecule has 162 valence electrons. The first kappa shape index (κ1) is 20.3. The first-order chi connectivity index (χ1) is 15.7. The molecule has 1 aliphatic rings. The maximum absolute atomic E-state index is 13.6. The average Bonchev–Trinajstić information content (AvgIpc) is 3.50. The van der Waals surface area contributed by atoms with Crippen LogP contribution < -0.4 is 0 Å². The molecule has 5 rings (SSSR count). The molecule has 1 aliphatic heterocycles. The number of nitrogens with zero attached hydrogens (tertiary/aromatic N) is 3. The smallest absolute Gasteiger partial charge is 0.272 e. The normalized spacial score (nSPS) is 14.6. The van der Waals surface area contributed by atoms with Crippen molar-refractivity contribution < 1.29 is 9.21 Å². The number of rotatable bonds is 5. The third kappa shape index (κ3) is 4.24. The van der Waals surface area contributed by atoms with E-state index in [1.54, 1.807) is 10.9 Å². The predicted molar refractivity (Wildman–Crippen MR) is 125 cm³/mol. The summed E-state index contributed by atoms with van der Waals surface area (Å²) in [6, 6.07) is 24.2. The molecule has 1 fully saturated rings. The molecule has 0 unspecified atom stereocenters. The molecule has 5 heteroatoms. The van der Waals surface area contributed by atoms with Crippen molar-refractivity contribution in [2.45, 2.75) is 26.2 Å². The lowest BCUT2D eigenvalue weighted by atomic mass is 9.90. The number of hydrogen-bond acceptors (Lipinski definition) is 3. The Morgan fingerprint density at radius 2 is 1.81 bits per heavy atom. The topological polar surface area (TPSA) is 51.3 Å². The molecule has 0 aliphatic carbocycles. The van der Waals surface area contributed by atoms with Crippen LogP contribution in [0.4, 0.5) is 0 Å². The van der Waals surface area contributed by atoms with Crippen molar-refractivity contribution in [3.63, 3.8) is 0 Å². The molecule has 0 radical (unpaired) electrons. The number of furan rings is 1. The highest BCUT2D eigenvalue weighted by molar-refractivity contribution is 5.94. The molecule has 32 heavy (non-hydrogen) atoms. The van der Waals surface area contributed by atoms with Crippen LogP contribution in [0, 0.1) is 12.8 Å². The fraction of sp³-hybridized carbons (Fsp3) is 0.259. The van der Waals surface area contributed by atoms with Gasteiger partial charge in [0.05, 0.1) is 12.0 Å². The maximum atomic E-state index is 13.6. The summed E-state index contributed by atoms with van der Waals surface area (Å²) in [6.07, 6.45) is 4.74. The van der Waals surface area contributed by atoms with Crippen molar-refractivity contribution in [2.24, 2.45) is 5.92 Å². The third-order valence-electron chi connectivity index (χ3n) is 6.22. The van der Waals surface area contributed by atoms with Crippen LogP contribution in [0.5, 0.6) is 0 Å². The minimum Gasteiger partial charge on any atom is -0.463 e. The van der Waals surface area contributed by atoms with Crippen LogP contribution in [-0.2, 0) is 6.42 Å². The fourth-order valence-corrected chi connectivity index (χ4v) is 4.48. The van der Waals surface area contributed by atoms with Crippen molar-refractivity contribution in [1.29, 1.82) is 0 Å². The second-order valence-electron chi connectivity index (χ2n) is 8.57. The monoisotopic (exact) mass is 425 g/mol. The minimum atomic E-state index is 0.0231. The summed E-state index contributed by atoms with van der Waals surface area (Å²) in [4.78, 5) is 15.5. The maximum Gasteiger partial charge on any atom is 0.272 e. The molecular weight excluding hydrogens is 398 g/mol. The SMILES string of the molecule is Cc1cccc(-n2nc(-c3ccco3)cc2C(=O)N2CCC(Cc3ccccc3)CC2)c1. The zero-order valence-corrected chi connectivity index (χ0v) is 18.3. The average molecular weight is 426 g/mol. The number of hydrogen-bond donors (Lipinski definition) is 0. The van der Waals surface area contributed by atoms with Crippen LogP contribution in [0.2, 0.25) is 0 Å². The molecule has 2 aromatic heterocycles. The number of benzene rings is 2. The standard InChI is InChI=1S/C27H27N3O2/c1-20-7-5-10-23(17-20)30-25(19-24(28-30)26-11-6-16-32-26)27(31)29-14-12-22(13-15-29)18-21-8-3-2-4-9-21/h2-11,16-17,19,22H,12-15,18H2,1H3. The highest BCUT2D eigenvalue weighted by Gasteiger charge is 2.27. The number of aromatic nitrogens is 2. The Morgan fingerprint density at radius 3 is 2.53 bits per heavy atom. The van der Waals surface area contributed by atoms with E-state index in [4.69, 9.17) is 9.52 Å². The molecule has 1 saturated heterocycles. The summed E-state index contributed by atoms with van der Waals surface area (Å²) in [5.41, 5.74) is 4.61. The molecule has 4 aromatic rings. The van der Waals surface area contributed by atoms with Gasteiger partial charge in [-0.1, -0.05) is 42.5 Å². The lowest BCUT2D eigenvalue weighted by Crippen LogP contribution is -2.39. The summed E-state index contributed by atoms with van der Waals surface area (Å²) < 4.78 is 7.30. The van der Waals surface area contributed by atoms with Gasteiger partial charge in [0.25, 0.3) is 5.91 Å². The van der Waals surface area contributed by atoms with Crippen LogP contribution >= 0.6 is 0 Å². The van der Waals surface area contributed by atoms with Crippen LogP contribution in [0.1, 0.15) is 34.5 Å². The number of carbonyl (C=O) groups excluding carboxylic acids is 1. The van der Waals surface area contributed by atoms with Crippen molar-refractivity contribution in [1.82, 2.24) is 14.7 Å². The molecule has 0 spiro atoms. The molecule has 0 atom stereocenters. The van der Waals surface area contributed by atoms with Gasteiger partial charge in [0.1, 0.15) is 11.4 Å². The Kier molecular flexibility index (Phi) is 5.63. The van der Waals surface area contributed by atoms with E-state index in [-0.39, 0.29) is 5.91 Å². The lowest BCUT2D eigenvalue weighted by Gasteiger charge is -2.32. The Balaban J connectivity index is 1.37. The largest absolute Gasteiger partial charge is 0.463 e. The van der Waals surface area contributed by atoms with E-state index in [9.17, 15) is 4.79 Å². The van der Waals surface area contributed by atoms with Crippen molar-refractivity contribution in [3.05, 3.63) is 95.9 Å². The predicted octanol–water partition coefficient (Wildman–Crippen LogP) is 5.54. The molecular formula is C27H27N3O2. The van der Waals surface area contributed by atoms with Gasteiger partial charge in [-0.2, -0.15) is 5.10 Å². The fourth-order valence-electron chi connectivity index (χ4n) is 4.48. The first-order valence-corrected chi connectivity index (χ1v) is 11.2. The number of piperidine rings is 1. The quantitative estimate of drug-likeness (QED) is 0.422. The molecule has 0 bridgehead atoms. The third-order valence-corrected chi connectivity index (χ3v) is 6.22. The minimum absolute atomic E-state index is 0.0231. The molecule has 1 amide bonds. The second kappa shape index (κ2) is 8.87. The van der Waals surface area contributed by atoms with Gasteiger partial charge >= 0.3 is 0 Å². The summed E-state index contributed by atoms with van der Waals surface area (Å²) in [5, 5.41) is 4.73. The van der Waals surface area contributed by atoms with E-state index in [1.165, 1.54) is 5.56 Å². The van der Waals surface area contributed by atoms with Crippen molar-refractivity contribution in [2.75, 3.05) is 13.1 Å². The van der Waals surface area contributed by atoms with E-state index in [0.717, 1.165) is 43.6 Å². The molecule has 5 nitrogen and oxygen atoms in total. The van der Waals surface area contributed by atoms with Crippen LogP contribution in [0.25, 0.3) is 17.1 Å². The van der Waals surface area contributed by atoms with Gasteiger partial charge in [-0.15, -0.1) is 0 Å². The Hall–Kier alpha value is -3.60. The van der Waals surface area contributed by atoms with Gasteiger partial charge in [0.2, 0.25) is 0 Å². The van der Waals surface area contributed by atoms with E-state index < -0.39 is 0 Å². The zero-order chi connectivity index (χ0) is 21.9. The number of carbonyl (C=O) groups is 1. The summed E-state index contributed by atoms with van der Waals surface area (Å²) in [6.45, 7) is 3.58. The molecule has 0 N–H and O–H groups in total. The van der Waals surface area contributed by atoms with Gasteiger partial charge in [-0.25, -0.2) is 4.68 Å². The van der Waals surface area contributed by atoms with Crippen molar-refractivity contribution >= 4 is 5.91 Å². The number of likely N-dealkylation sites (tertiary alicyclic amines) is 1. The zero-order valence-electron chi connectivity index (χ0n) is 18.3. The van der Waals surface area contributed by atoms with Gasteiger partial charge in [0.15, 0.2) is 5.76 Å².